The molecule has 6 nitrogen and oxygen atoms in total. The standard InChI is InChI=1S/C18H24N2O4/c1-13-10-20(12-16(24-13)18(22)23)17(21)15-8-5-9-19(15)11-14-6-3-2-4-7-14/h2-4,6-7,13,15-16H,5,8-12H2,1H3,(H,22,23)/t13-,15?,16?/m1/s1. The van der Waals surface area contributed by atoms with Crippen molar-refractivity contribution in [3.05, 3.63) is 35.9 Å². The number of carbonyl (C=O) groups excluding carboxylic acids is 1. The molecule has 130 valence electrons. The van der Waals surface area contributed by atoms with E-state index in [4.69, 9.17) is 4.74 Å². The van der Waals surface area contributed by atoms with Crippen LogP contribution in [0.1, 0.15) is 25.3 Å². The van der Waals surface area contributed by atoms with Crippen LogP contribution in [0.5, 0.6) is 0 Å². The lowest BCUT2D eigenvalue weighted by Crippen LogP contribution is -2.55. The summed E-state index contributed by atoms with van der Waals surface area (Å²) in [6.07, 6.45) is 0.634. The van der Waals surface area contributed by atoms with Crippen molar-refractivity contribution in [3.8, 4) is 0 Å². The van der Waals surface area contributed by atoms with Crippen LogP contribution in [-0.4, -0.2) is 64.7 Å². The Morgan fingerprint density at radius 1 is 1.25 bits per heavy atom. The minimum atomic E-state index is -1.01. The lowest BCUT2D eigenvalue weighted by atomic mass is 10.1. The average Bonchev–Trinajstić information content (AvgIpc) is 3.02. The van der Waals surface area contributed by atoms with E-state index in [2.05, 4.69) is 17.0 Å². The Hall–Kier alpha value is -1.92. The van der Waals surface area contributed by atoms with Gasteiger partial charge >= 0.3 is 5.97 Å². The van der Waals surface area contributed by atoms with Crippen LogP contribution < -0.4 is 0 Å². The third kappa shape index (κ3) is 3.76. The Morgan fingerprint density at radius 3 is 2.71 bits per heavy atom. The largest absolute Gasteiger partial charge is 0.479 e. The number of ether oxygens (including phenoxy) is 1. The number of likely N-dealkylation sites (tertiary alicyclic amines) is 1. The highest BCUT2D eigenvalue weighted by Gasteiger charge is 2.38. The molecule has 0 aliphatic carbocycles. The number of hydrogen-bond acceptors (Lipinski definition) is 4. The summed E-state index contributed by atoms with van der Waals surface area (Å²) in [5.41, 5.74) is 1.19. The maximum absolute atomic E-state index is 13.0. The number of amides is 1. The zero-order valence-electron chi connectivity index (χ0n) is 13.9. The SMILES string of the molecule is C[C@@H]1CN(C(=O)C2CCCN2Cc2ccccc2)CC(C(=O)O)O1. The second-order valence-electron chi connectivity index (χ2n) is 6.63. The normalized spacial score (nSPS) is 28.0. The first kappa shape index (κ1) is 16.9. The van der Waals surface area contributed by atoms with Crippen LogP contribution in [0.25, 0.3) is 0 Å². The smallest absolute Gasteiger partial charge is 0.334 e. The molecular weight excluding hydrogens is 308 g/mol. The monoisotopic (exact) mass is 332 g/mol. The molecule has 0 saturated carbocycles. The van der Waals surface area contributed by atoms with Crippen LogP contribution in [0.2, 0.25) is 0 Å². The summed E-state index contributed by atoms with van der Waals surface area (Å²) in [4.78, 5) is 28.0. The van der Waals surface area contributed by atoms with Crippen LogP contribution in [0, 0.1) is 0 Å². The number of carboxylic acids is 1. The lowest BCUT2D eigenvalue weighted by Gasteiger charge is -2.37. The molecule has 24 heavy (non-hydrogen) atoms. The third-order valence-corrected chi connectivity index (χ3v) is 4.72. The van der Waals surface area contributed by atoms with Gasteiger partial charge in [0.2, 0.25) is 5.91 Å². The van der Waals surface area contributed by atoms with E-state index in [0.29, 0.717) is 6.54 Å². The lowest BCUT2D eigenvalue weighted by molar-refractivity contribution is -0.168. The fraction of sp³-hybridized carbons (Fsp3) is 0.556. The second-order valence-corrected chi connectivity index (χ2v) is 6.63. The first-order valence-electron chi connectivity index (χ1n) is 8.49. The van der Waals surface area contributed by atoms with Gasteiger partial charge in [-0.2, -0.15) is 0 Å². The first-order chi connectivity index (χ1) is 11.5. The number of nitrogens with zero attached hydrogens (tertiary/aromatic N) is 2. The van der Waals surface area contributed by atoms with Crippen molar-refractivity contribution in [2.75, 3.05) is 19.6 Å². The fourth-order valence-corrected chi connectivity index (χ4v) is 3.59. The highest BCUT2D eigenvalue weighted by molar-refractivity contribution is 5.83. The van der Waals surface area contributed by atoms with E-state index in [-0.39, 0.29) is 24.6 Å². The van der Waals surface area contributed by atoms with Gasteiger partial charge in [0.1, 0.15) is 0 Å². The fourth-order valence-electron chi connectivity index (χ4n) is 3.59. The molecule has 3 atom stereocenters. The van der Waals surface area contributed by atoms with Gasteiger partial charge in [-0.3, -0.25) is 9.69 Å². The summed E-state index contributed by atoms with van der Waals surface area (Å²) in [6, 6.07) is 9.96. The van der Waals surface area contributed by atoms with Gasteiger partial charge in [0, 0.05) is 13.1 Å². The Kier molecular flexibility index (Phi) is 5.16. The number of rotatable bonds is 4. The Morgan fingerprint density at radius 2 is 2.00 bits per heavy atom. The molecule has 0 bridgehead atoms. The van der Waals surface area contributed by atoms with Crippen LogP contribution >= 0.6 is 0 Å². The number of carboxylic acid groups (broad SMARTS) is 1. The van der Waals surface area contributed by atoms with Crippen LogP contribution in [0.15, 0.2) is 30.3 Å². The Bertz CT molecular complexity index is 592. The molecule has 0 spiro atoms. The molecule has 2 heterocycles. The van der Waals surface area contributed by atoms with E-state index in [0.717, 1.165) is 25.9 Å². The maximum Gasteiger partial charge on any atom is 0.334 e. The summed E-state index contributed by atoms with van der Waals surface area (Å²) in [5, 5.41) is 9.19. The van der Waals surface area contributed by atoms with Gasteiger partial charge in [-0.05, 0) is 31.9 Å². The predicted octanol–water partition coefficient (Wildman–Crippen LogP) is 1.35. The highest BCUT2D eigenvalue weighted by Crippen LogP contribution is 2.23. The van der Waals surface area contributed by atoms with Crippen molar-refractivity contribution in [3.63, 3.8) is 0 Å². The van der Waals surface area contributed by atoms with Gasteiger partial charge in [-0.25, -0.2) is 4.79 Å². The number of morpholine rings is 1. The van der Waals surface area contributed by atoms with Crippen molar-refractivity contribution in [2.24, 2.45) is 0 Å². The number of hydrogen-bond donors (Lipinski definition) is 1. The van der Waals surface area contributed by atoms with Crippen molar-refractivity contribution >= 4 is 11.9 Å². The van der Waals surface area contributed by atoms with Gasteiger partial charge in [0.15, 0.2) is 6.10 Å². The Labute approximate surface area is 142 Å². The van der Waals surface area contributed by atoms with E-state index in [1.54, 1.807) is 4.90 Å². The minimum Gasteiger partial charge on any atom is -0.479 e. The molecule has 1 aromatic carbocycles. The van der Waals surface area contributed by atoms with Crippen molar-refractivity contribution in [1.29, 1.82) is 0 Å². The highest BCUT2D eigenvalue weighted by atomic mass is 16.5. The molecule has 3 rings (SSSR count). The van der Waals surface area contributed by atoms with Crippen LogP contribution in [-0.2, 0) is 20.9 Å². The molecule has 1 aromatic rings. The third-order valence-electron chi connectivity index (χ3n) is 4.72. The minimum absolute atomic E-state index is 0.0323. The number of benzene rings is 1. The zero-order chi connectivity index (χ0) is 17.1. The molecule has 2 aliphatic rings. The van der Waals surface area contributed by atoms with Gasteiger partial charge in [0.05, 0.1) is 18.7 Å². The van der Waals surface area contributed by atoms with E-state index in [9.17, 15) is 14.7 Å². The first-order valence-corrected chi connectivity index (χ1v) is 8.49. The van der Waals surface area contributed by atoms with Crippen molar-refractivity contribution in [2.45, 2.75) is 44.6 Å². The summed E-state index contributed by atoms with van der Waals surface area (Å²) in [5.74, 6) is -0.975. The molecular formula is C18H24N2O4. The quantitative estimate of drug-likeness (QED) is 0.901. The van der Waals surface area contributed by atoms with E-state index in [1.807, 2.05) is 25.1 Å². The summed E-state index contributed by atoms with van der Waals surface area (Å²) in [7, 11) is 0. The second kappa shape index (κ2) is 7.32. The topological polar surface area (TPSA) is 70.1 Å². The van der Waals surface area contributed by atoms with Gasteiger partial charge < -0.3 is 14.7 Å². The summed E-state index contributed by atoms with van der Waals surface area (Å²) >= 11 is 0. The predicted molar refractivity (Wildman–Crippen MR) is 88.4 cm³/mol. The van der Waals surface area contributed by atoms with Crippen LogP contribution in [0.4, 0.5) is 0 Å². The maximum atomic E-state index is 13.0. The molecule has 1 N–H and O–H groups in total. The zero-order valence-corrected chi connectivity index (χ0v) is 13.9. The molecule has 2 aliphatic heterocycles. The average molecular weight is 332 g/mol. The molecule has 2 unspecified atom stereocenters. The van der Waals surface area contributed by atoms with E-state index in [1.165, 1.54) is 5.56 Å². The van der Waals surface area contributed by atoms with E-state index >= 15 is 0 Å². The Balaban J connectivity index is 1.67. The molecule has 1 amide bonds. The molecule has 2 fully saturated rings. The van der Waals surface area contributed by atoms with Gasteiger partial charge in [-0.15, -0.1) is 0 Å². The van der Waals surface area contributed by atoms with Crippen molar-refractivity contribution in [1.82, 2.24) is 9.80 Å². The van der Waals surface area contributed by atoms with E-state index < -0.39 is 12.1 Å². The number of carbonyl (C=O) groups is 2. The van der Waals surface area contributed by atoms with Crippen molar-refractivity contribution < 1.29 is 19.4 Å². The number of aliphatic carboxylic acids is 1. The van der Waals surface area contributed by atoms with Gasteiger partial charge in [0.25, 0.3) is 0 Å². The van der Waals surface area contributed by atoms with Gasteiger partial charge in [-0.1, -0.05) is 30.3 Å². The molecule has 2 saturated heterocycles. The molecule has 6 heteroatoms. The molecule has 0 radical (unpaired) electrons. The summed E-state index contributed by atoms with van der Waals surface area (Å²) < 4.78 is 5.41. The summed E-state index contributed by atoms with van der Waals surface area (Å²) in [6.45, 7) is 4.05. The van der Waals surface area contributed by atoms with Crippen LogP contribution in [0.3, 0.4) is 0 Å². The molecule has 0 aromatic heterocycles.